The third-order valence-electron chi connectivity index (χ3n) is 13.1. The number of hydrogen-bond donors (Lipinski definition) is 0. The van der Waals surface area contributed by atoms with E-state index in [9.17, 15) is 0 Å². The van der Waals surface area contributed by atoms with Gasteiger partial charge in [-0.3, -0.25) is 4.57 Å². The SMILES string of the molecule is [2H]C([2H])([2H])c1cc(C(C)(C)C)cc(C)c1-c1ccnc(-n2c3ccccc3c3ccc(Oc4cc(N5CN(c6cc(C(C)(C)C)cc(C(C)(C)C)c6)c6ccccc65)cc(C(C)(C)C)c4)cc32)c1. The Kier molecular flexibility index (Phi) is 9.70. The molecule has 0 radical (unpaired) electrons. The second-order valence-electron chi connectivity index (χ2n) is 22.2. The predicted octanol–water partition coefficient (Wildman–Crippen LogP) is 16.7. The quantitative estimate of drug-likeness (QED) is 0.167. The molecule has 0 fully saturated rings. The Labute approximate surface area is 391 Å². The Hall–Kier alpha value is -6.33. The van der Waals surface area contributed by atoms with Crippen LogP contribution in [0.1, 0.15) is 121 Å². The molecule has 0 saturated heterocycles. The summed E-state index contributed by atoms with van der Waals surface area (Å²) in [6.45, 7) is 27.2. The monoisotopic (exact) mass is 862 g/mol. The van der Waals surface area contributed by atoms with Gasteiger partial charge in [-0.05, 0) is 147 Å². The number of rotatable bonds is 6. The zero-order chi connectivity index (χ0) is 48.9. The summed E-state index contributed by atoms with van der Waals surface area (Å²) in [7, 11) is 0. The van der Waals surface area contributed by atoms with E-state index in [1.807, 2.05) is 31.2 Å². The van der Waals surface area contributed by atoms with Crippen molar-refractivity contribution in [2.75, 3.05) is 16.5 Å². The summed E-state index contributed by atoms with van der Waals surface area (Å²) >= 11 is 0. The fraction of sp³-hybridized carbons (Fsp3) is 0.317. The lowest BCUT2D eigenvalue weighted by Gasteiger charge is -2.29. The maximum atomic E-state index is 8.62. The molecule has 3 heterocycles. The first-order valence-electron chi connectivity index (χ1n) is 24.5. The molecule has 332 valence electrons. The van der Waals surface area contributed by atoms with Crippen molar-refractivity contribution in [1.29, 1.82) is 0 Å². The summed E-state index contributed by atoms with van der Waals surface area (Å²) in [5.41, 5.74) is 13.7. The number of hydrogen-bond acceptors (Lipinski definition) is 4. The molecule has 5 nitrogen and oxygen atoms in total. The highest BCUT2D eigenvalue weighted by Crippen LogP contribution is 2.48. The first kappa shape index (κ1) is 40.2. The first-order valence-corrected chi connectivity index (χ1v) is 23.0. The molecule has 0 aliphatic carbocycles. The Balaban J connectivity index is 1.14. The second-order valence-corrected chi connectivity index (χ2v) is 22.2. The van der Waals surface area contributed by atoms with Gasteiger partial charge in [0, 0.05) is 44.6 Å². The first-order chi connectivity index (χ1) is 31.8. The van der Waals surface area contributed by atoms with Crippen molar-refractivity contribution < 1.29 is 8.85 Å². The van der Waals surface area contributed by atoms with Crippen molar-refractivity contribution in [3.63, 3.8) is 0 Å². The summed E-state index contributed by atoms with van der Waals surface area (Å²) in [4.78, 5) is 9.81. The molecular weight excluding hydrogens is 793 g/mol. The van der Waals surface area contributed by atoms with Gasteiger partial charge >= 0.3 is 0 Å². The van der Waals surface area contributed by atoms with Gasteiger partial charge in [0.05, 0.1) is 22.4 Å². The number of nitrogens with zero attached hydrogens (tertiary/aromatic N) is 4. The van der Waals surface area contributed by atoms with E-state index in [-0.39, 0.29) is 21.7 Å². The average Bonchev–Trinajstić information content (AvgIpc) is 3.80. The van der Waals surface area contributed by atoms with Gasteiger partial charge in [0.2, 0.25) is 0 Å². The van der Waals surface area contributed by atoms with Crippen LogP contribution >= 0.6 is 0 Å². The minimum atomic E-state index is -2.31. The number of pyridine rings is 1. The molecule has 9 rings (SSSR count). The standard InChI is InChI=1S/C60H66N4O/c1-38-27-41(57(3,4)5)28-39(2)56(38)40-25-26-61-55(29-40)64-51-20-16-15-19-49(51)50-24-23-47(36-54(50)64)65-48-34-44(60(12,13)14)33-46(35-48)63-37-62(52-21-17-18-22-53(52)63)45-31-42(58(6,7)8)30-43(32-45)59(9,10)11/h15-36H,37H2,1-14H3/i1D3. The van der Waals surface area contributed by atoms with E-state index in [2.05, 4.69) is 201 Å². The highest BCUT2D eigenvalue weighted by Gasteiger charge is 2.31. The summed E-state index contributed by atoms with van der Waals surface area (Å²) in [5, 5.41) is 2.16. The van der Waals surface area contributed by atoms with Crippen LogP contribution in [-0.4, -0.2) is 16.2 Å². The van der Waals surface area contributed by atoms with E-state index in [0.717, 1.165) is 61.2 Å². The molecule has 0 amide bonds. The number of fused-ring (bicyclic) bond motifs is 4. The molecule has 0 unspecified atom stereocenters. The van der Waals surface area contributed by atoms with Gasteiger partial charge in [-0.25, -0.2) is 4.98 Å². The van der Waals surface area contributed by atoms with Gasteiger partial charge < -0.3 is 14.5 Å². The molecule has 0 atom stereocenters. The number of para-hydroxylation sites is 3. The summed E-state index contributed by atoms with van der Waals surface area (Å²) < 4.78 is 35.0. The van der Waals surface area contributed by atoms with Crippen molar-refractivity contribution >= 4 is 44.6 Å². The molecule has 0 spiro atoms. The van der Waals surface area contributed by atoms with E-state index in [0.29, 0.717) is 23.8 Å². The number of aromatic nitrogens is 2. The summed E-state index contributed by atoms with van der Waals surface area (Å²) in [6.07, 6.45) is 1.79. The summed E-state index contributed by atoms with van der Waals surface area (Å²) in [5.74, 6) is 2.14. The number of ether oxygens (including phenoxy) is 1. The fourth-order valence-electron chi connectivity index (χ4n) is 9.22. The Bertz CT molecular complexity index is 3210. The Morgan fingerprint density at radius 1 is 0.508 bits per heavy atom. The largest absolute Gasteiger partial charge is 0.457 e. The number of aryl methyl sites for hydroxylation is 2. The van der Waals surface area contributed by atoms with Crippen LogP contribution in [0.2, 0.25) is 0 Å². The zero-order valence-corrected chi connectivity index (χ0v) is 40.6. The molecule has 0 saturated carbocycles. The molecule has 6 aromatic carbocycles. The van der Waals surface area contributed by atoms with Gasteiger partial charge in [0.15, 0.2) is 0 Å². The van der Waals surface area contributed by atoms with Crippen molar-refractivity contribution in [3.05, 3.63) is 167 Å². The lowest BCUT2D eigenvalue weighted by atomic mass is 9.80. The smallest absolute Gasteiger partial charge is 0.138 e. The van der Waals surface area contributed by atoms with Crippen molar-refractivity contribution in [3.8, 4) is 28.4 Å². The minimum absolute atomic E-state index is 0.0103. The molecule has 0 N–H and O–H groups in total. The molecule has 1 aliphatic heterocycles. The maximum absolute atomic E-state index is 8.62. The minimum Gasteiger partial charge on any atom is -0.457 e. The van der Waals surface area contributed by atoms with Crippen LogP contribution in [0.4, 0.5) is 22.7 Å². The van der Waals surface area contributed by atoms with Crippen LogP contribution in [0.5, 0.6) is 11.5 Å². The van der Waals surface area contributed by atoms with E-state index in [4.69, 9.17) is 13.8 Å². The molecular formula is C60H66N4O. The van der Waals surface area contributed by atoms with Crippen molar-refractivity contribution in [2.24, 2.45) is 0 Å². The molecule has 2 aromatic heterocycles. The molecule has 8 aromatic rings. The van der Waals surface area contributed by atoms with Crippen LogP contribution in [0.15, 0.2) is 134 Å². The molecule has 0 bridgehead atoms. The fourth-order valence-corrected chi connectivity index (χ4v) is 9.22. The van der Waals surface area contributed by atoms with E-state index in [1.54, 1.807) is 6.20 Å². The van der Waals surface area contributed by atoms with Gasteiger partial charge in [0.25, 0.3) is 0 Å². The van der Waals surface area contributed by atoms with E-state index >= 15 is 0 Å². The van der Waals surface area contributed by atoms with Gasteiger partial charge in [0.1, 0.15) is 24.0 Å². The van der Waals surface area contributed by atoms with Crippen LogP contribution in [0.3, 0.4) is 0 Å². The number of anilines is 4. The van der Waals surface area contributed by atoms with Gasteiger partial charge in [-0.1, -0.05) is 132 Å². The third-order valence-corrected chi connectivity index (χ3v) is 13.1. The average molecular weight is 862 g/mol. The maximum Gasteiger partial charge on any atom is 0.138 e. The summed E-state index contributed by atoms with van der Waals surface area (Å²) in [6, 6.07) is 45.1. The highest BCUT2D eigenvalue weighted by atomic mass is 16.5. The van der Waals surface area contributed by atoms with Crippen LogP contribution < -0.4 is 14.5 Å². The van der Waals surface area contributed by atoms with Crippen LogP contribution in [0, 0.1) is 13.8 Å². The van der Waals surface area contributed by atoms with Crippen molar-refractivity contribution in [1.82, 2.24) is 9.55 Å². The topological polar surface area (TPSA) is 33.5 Å². The zero-order valence-electron chi connectivity index (χ0n) is 43.6. The lowest BCUT2D eigenvalue weighted by Crippen LogP contribution is -2.26. The molecule has 65 heavy (non-hydrogen) atoms. The second kappa shape index (κ2) is 15.7. The van der Waals surface area contributed by atoms with Crippen LogP contribution in [-0.2, 0) is 21.7 Å². The molecule has 1 aliphatic rings. The van der Waals surface area contributed by atoms with Crippen molar-refractivity contribution in [2.45, 2.75) is 119 Å². The Morgan fingerprint density at radius 2 is 1.05 bits per heavy atom. The Morgan fingerprint density at radius 3 is 1.66 bits per heavy atom. The predicted molar refractivity (Wildman–Crippen MR) is 277 cm³/mol. The van der Waals surface area contributed by atoms with Gasteiger partial charge in [-0.2, -0.15) is 0 Å². The normalized spacial score (nSPS) is 14.4. The van der Waals surface area contributed by atoms with E-state index < -0.39 is 6.85 Å². The highest BCUT2D eigenvalue weighted by molar-refractivity contribution is 6.09. The molecule has 5 heteroatoms. The van der Waals surface area contributed by atoms with E-state index in [1.165, 1.54) is 28.1 Å². The number of benzene rings is 6. The lowest BCUT2D eigenvalue weighted by molar-refractivity contribution is 0.479. The van der Waals surface area contributed by atoms with Gasteiger partial charge in [-0.15, -0.1) is 0 Å². The van der Waals surface area contributed by atoms with Crippen LogP contribution in [0.25, 0.3) is 38.8 Å². The third kappa shape index (κ3) is 8.31.